The van der Waals surface area contributed by atoms with Gasteiger partial charge in [0, 0.05) is 5.54 Å². The summed E-state index contributed by atoms with van der Waals surface area (Å²) in [5.74, 6) is 0. The van der Waals surface area contributed by atoms with Gasteiger partial charge in [0.1, 0.15) is 0 Å². The molecular formula is C11H15ClN2O2S. The molecule has 0 aliphatic heterocycles. The Morgan fingerprint density at radius 1 is 1.41 bits per heavy atom. The van der Waals surface area contributed by atoms with Crippen molar-refractivity contribution in [3.8, 4) is 0 Å². The van der Waals surface area contributed by atoms with E-state index in [2.05, 4.69) is 4.72 Å². The summed E-state index contributed by atoms with van der Waals surface area (Å²) in [6.07, 6.45) is 1.74. The normalized spacial score (nSPS) is 18.1. The van der Waals surface area contributed by atoms with E-state index >= 15 is 0 Å². The largest absolute Gasteiger partial charge is 0.397 e. The standard InChI is InChI=1S/C11H15ClN2O2S/c1-7-5-8(12)9(13)6-10(7)17(15,16)14-11(2)3-4-11/h5-6,14H,3-4,13H2,1-2H3. The fourth-order valence-corrected chi connectivity index (χ4v) is 3.57. The van der Waals surface area contributed by atoms with Gasteiger partial charge in [0.2, 0.25) is 10.0 Å². The van der Waals surface area contributed by atoms with Gasteiger partial charge in [0.15, 0.2) is 0 Å². The van der Waals surface area contributed by atoms with E-state index in [9.17, 15) is 8.42 Å². The molecule has 0 amide bonds. The summed E-state index contributed by atoms with van der Waals surface area (Å²) in [4.78, 5) is 0.201. The van der Waals surface area contributed by atoms with Crippen LogP contribution < -0.4 is 10.5 Å². The topological polar surface area (TPSA) is 72.2 Å². The van der Waals surface area contributed by atoms with Gasteiger partial charge >= 0.3 is 0 Å². The number of rotatable bonds is 3. The lowest BCUT2D eigenvalue weighted by Gasteiger charge is -2.14. The van der Waals surface area contributed by atoms with Crippen LogP contribution in [-0.4, -0.2) is 14.0 Å². The van der Waals surface area contributed by atoms with Crippen LogP contribution in [0, 0.1) is 6.92 Å². The first-order chi connectivity index (χ1) is 7.73. The molecule has 0 aromatic heterocycles. The summed E-state index contributed by atoms with van der Waals surface area (Å²) < 4.78 is 27.0. The Hall–Kier alpha value is -0.780. The summed E-state index contributed by atoms with van der Waals surface area (Å²) in [6.45, 7) is 3.59. The Morgan fingerprint density at radius 3 is 2.53 bits per heavy atom. The van der Waals surface area contributed by atoms with Gasteiger partial charge < -0.3 is 5.73 Å². The number of benzene rings is 1. The number of hydrogen-bond acceptors (Lipinski definition) is 3. The Morgan fingerprint density at radius 2 is 2.00 bits per heavy atom. The van der Waals surface area contributed by atoms with Crippen LogP contribution in [0.3, 0.4) is 0 Å². The van der Waals surface area contributed by atoms with Gasteiger partial charge in [0.25, 0.3) is 0 Å². The third-order valence-corrected chi connectivity index (χ3v) is 5.07. The number of nitrogen functional groups attached to an aromatic ring is 1. The lowest BCUT2D eigenvalue weighted by Crippen LogP contribution is -2.34. The molecule has 1 fully saturated rings. The molecule has 1 aliphatic rings. The van der Waals surface area contributed by atoms with Crippen molar-refractivity contribution in [2.24, 2.45) is 0 Å². The lowest BCUT2D eigenvalue weighted by molar-refractivity contribution is 0.557. The second-order valence-corrected chi connectivity index (χ2v) is 6.86. The quantitative estimate of drug-likeness (QED) is 0.829. The van der Waals surface area contributed by atoms with E-state index < -0.39 is 10.0 Å². The van der Waals surface area contributed by atoms with Crippen molar-refractivity contribution < 1.29 is 8.42 Å². The van der Waals surface area contributed by atoms with Gasteiger partial charge in [-0.05, 0) is 44.4 Å². The molecule has 1 aromatic carbocycles. The van der Waals surface area contributed by atoms with E-state index in [1.165, 1.54) is 6.07 Å². The van der Waals surface area contributed by atoms with E-state index in [0.29, 0.717) is 10.6 Å². The first kappa shape index (κ1) is 12.7. The molecule has 3 N–H and O–H groups in total. The molecule has 4 nitrogen and oxygen atoms in total. The molecule has 1 saturated carbocycles. The van der Waals surface area contributed by atoms with Crippen molar-refractivity contribution in [1.29, 1.82) is 0 Å². The van der Waals surface area contributed by atoms with E-state index in [1.807, 2.05) is 6.92 Å². The van der Waals surface area contributed by atoms with Crippen LogP contribution in [0.2, 0.25) is 5.02 Å². The van der Waals surface area contributed by atoms with Gasteiger partial charge in [0.05, 0.1) is 15.6 Å². The molecule has 17 heavy (non-hydrogen) atoms. The molecule has 94 valence electrons. The number of aryl methyl sites for hydroxylation is 1. The first-order valence-electron chi connectivity index (χ1n) is 5.33. The highest BCUT2D eigenvalue weighted by atomic mass is 35.5. The van der Waals surface area contributed by atoms with E-state index in [4.69, 9.17) is 17.3 Å². The SMILES string of the molecule is Cc1cc(Cl)c(N)cc1S(=O)(=O)NC1(C)CC1. The molecule has 0 saturated heterocycles. The monoisotopic (exact) mass is 274 g/mol. The lowest BCUT2D eigenvalue weighted by atomic mass is 10.2. The highest BCUT2D eigenvalue weighted by molar-refractivity contribution is 7.89. The molecule has 1 aromatic rings. The van der Waals surface area contributed by atoms with Crippen molar-refractivity contribution in [3.05, 3.63) is 22.7 Å². The average molecular weight is 275 g/mol. The summed E-state index contributed by atoms with van der Waals surface area (Å²) in [6, 6.07) is 2.98. The zero-order chi connectivity index (χ0) is 12.8. The van der Waals surface area contributed by atoms with Crippen LogP contribution in [0.1, 0.15) is 25.3 Å². The van der Waals surface area contributed by atoms with Crippen molar-refractivity contribution >= 4 is 27.3 Å². The minimum absolute atomic E-state index is 0.201. The predicted octanol–water partition coefficient (Wildman–Crippen LogP) is 2.06. The summed E-state index contributed by atoms with van der Waals surface area (Å²) in [7, 11) is -3.51. The Bertz CT molecular complexity index is 565. The van der Waals surface area contributed by atoms with E-state index in [0.717, 1.165) is 12.8 Å². The van der Waals surface area contributed by atoms with Gasteiger partial charge in [-0.1, -0.05) is 11.6 Å². The minimum atomic E-state index is -3.51. The Kier molecular flexibility index (Phi) is 2.88. The molecule has 1 aliphatic carbocycles. The van der Waals surface area contributed by atoms with Gasteiger partial charge in [-0.25, -0.2) is 13.1 Å². The van der Waals surface area contributed by atoms with Gasteiger partial charge in [-0.2, -0.15) is 0 Å². The molecular weight excluding hydrogens is 260 g/mol. The zero-order valence-corrected chi connectivity index (χ0v) is 11.3. The highest BCUT2D eigenvalue weighted by Gasteiger charge is 2.41. The molecule has 0 unspecified atom stereocenters. The van der Waals surface area contributed by atoms with Gasteiger partial charge in [-0.15, -0.1) is 0 Å². The first-order valence-corrected chi connectivity index (χ1v) is 7.19. The molecule has 0 bridgehead atoms. The molecule has 0 atom stereocenters. The Labute approximate surface area is 106 Å². The maximum Gasteiger partial charge on any atom is 0.241 e. The smallest absolute Gasteiger partial charge is 0.241 e. The fourth-order valence-electron chi connectivity index (χ4n) is 1.63. The number of nitrogens with one attached hydrogen (secondary N) is 1. The number of halogens is 1. The molecule has 6 heteroatoms. The number of hydrogen-bond donors (Lipinski definition) is 2. The molecule has 0 heterocycles. The van der Waals surface area contributed by atoms with Gasteiger partial charge in [-0.3, -0.25) is 0 Å². The van der Waals surface area contributed by atoms with Crippen LogP contribution in [0.25, 0.3) is 0 Å². The van der Waals surface area contributed by atoms with Crippen LogP contribution in [0.4, 0.5) is 5.69 Å². The number of anilines is 1. The maximum absolute atomic E-state index is 12.2. The van der Waals surface area contributed by atoms with Crippen LogP contribution >= 0.6 is 11.6 Å². The average Bonchev–Trinajstić information content (AvgIpc) is 2.88. The maximum atomic E-state index is 12.2. The van der Waals surface area contributed by atoms with E-state index in [1.54, 1.807) is 13.0 Å². The minimum Gasteiger partial charge on any atom is -0.397 e. The van der Waals surface area contributed by atoms with Crippen LogP contribution in [-0.2, 0) is 10.0 Å². The number of nitrogens with two attached hydrogens (primary N) is 1. The second kappa shape index (κ2) is 3.86. The zero-order valence-electron chi connectivity index (χ0n) is 9.75. The predicted molar refractivity (Wildman–Crippen MR) is 68.6 cm³/mol. The van der Waals surface area contributed by atoms with Crippen molar-refractivity contribution in [1.82, 2.24) is 4.72 Å². The van der Waals surface area contributed by atoms with Crippen molar-refractivity contribution in [2.75, 3.05) is 5.73 Å². The third kappa shape index (κ3) is 2.56. The molecule has 0 radical (unpaired) electrons. The third-order valence-electron chi connectivity index (χ3n) is 2.96. The van der Waals surface area contributed by atoms with E-state index in [-0.39, 0.29) is 16.1 Å². The van der Waals surface area contributed by atoms with Crippen molar-refractivity contribution in [2.45, 2.75) is 37.1 Å². The second-order valence-electron chi connectivity index (χ2n) is 4.81. The summed E-state index contributed by atoms with van der Waals surface area (Å²) >= 11 is 5.84. The summed E-state index contributed by atoms with van der Waals surface area (Å²) in [5.41, 5.74) is 6.22. The molecule has 2 rings (SSSR count). The number of sulfonamides is 1. The van der Waals surface area contributed by atoms with Crippen LogP contribution in [0.5, 0.6) is 0 Å². The Balaban J connectivity index is 2.42. The fraction of sp³-hybridized carbons (Fsp3) is 0.455. The van der Waals surface area contributed by atoms with Crippen LogP contribution in [0.15, 0.2) is 17.0 Å². The highest BCUT2D eigenvalue weighted by Crippen LogP contribution is 2.36. The summed E-state index contributed by atoms with van der Waals surface area (Å²) in [5, 5.41) is 0.374. The van der Waals surface area contributed by atoms with Crippen molar-refractivity contribution in [3.63, 3.8) is 0 Å². The molecule has 0 spiro atoms.